The highest BCUT2D eigenvalue weighted by atomic mass is 16.7. The van der Waals surface area contributed by atoms with Crippen molar-refractivity contribution in [3.05, 3.63) is 0 Å². The van der Waals surface area contributed by atoms with E-state index in [-0.39, 0.29) is 17.3 Å². The molecule has 3 saturated carbocycles. The topological polar surface area (TPSA) is 44.8 Å². The van der Waals surface area contributed by atoms with Crippen LogP contribution in [0.15, 0.2) is 0 Å². The Morgan fingerprint density at radius 3 is 2.76 bits per heavy atom. The molecule has 1 heterocycles. The Morgan fingerprint density at radius 1 is 1.35 bits per heavy atom. The van der Waals surface area contributed by atoms with E-state index in [9.17, 15) is 4.79 Å². The van der Waals surface area contributed by atoms with Gasteiger partial charge in [0.1, 0.15) is 0 Å². The summed E-state index contributed by atoms with van der Waals surface area (Å²) >= 11 is 0. The third kappa shape index (κ3) is 0.968. The molecule has 3 aliphatic carbocycles. The average Bonchev–Trinajstić information content (AvgIpc) is 2.61. The molecular weight excluding hydrogens is 220 g/mol. The van der Waals surface area contributed by atoms with Crippen LogP contribution in [0, 0.1) is 23.2 Å². The Bertz CT molecular complexity index is 374. The number of carbonyl (C=O) groups excluding carboxylic acids is 1. The van der Waals surface area contributed by atoms with Gasteiger partial charge >= 0.3 is 5.97 Å². The molecule has 0 aromatic heterocycles. The molecule has 4 aliphatic rings. The van der Waals surface area contributed by atoms with E-state index in [2.05, 4.69) is 0 Å². The second-order valence-corrected chi connectivity index (χ2v) is 5.72. The van der Waals surface area contributed by atoms with Crippen LogP contribution in [0.3, 0.4) is 0 Å². The van der Waals surface area contributed by atoms with E-state index in [0.717, 1.165) is 19.3 Å². The molecule has 0 N–H and O–H groups in total. The van der Waals surface area contributed by atoms with Gasteiger partial charge in [-0.3, -0.25) is 4.79 Å². The molecule has 94 valence electrons. The van der Waals surface area contributed by atoms with Gasteiger partial charge in [0.15, 0.2) is 5.79 Å². The predicted octanol–water partition coefficient (Wildman–Crippen LogP) is 1.34. The SMILES string of the molecule is CCOC(=O)[C@]12[C@@H]3CC[C@H]1[C@@H]2C1(C3)OCCO1. The van der Waals surface area contributed by atoms with Crippen molar-refractivity contribution in [1.82, 2.24) is 0 Å². The molecule has 0 radical (unpaired) electrons. The van der Waals surface area contributed by atoms with Gasteiger partial charge < -0.3 is 14.2 Å². The fourth-order valence-electron chi connectivity index (χ4n) is 4.94. The molecule has 0 unspecified atom stereocenters. The van der Waals surface area contributed by atoms with E-state index >= 15 is 0 Å². The van der Waals surface area contributed by atoms with Crippen molar-refractivity contribution >= 4 is 5.97 Å². The van der Waals surface area contributed by atoms with E-state index in [1.54, 1.807) is 0 Å². The minimum Gasteiger partial charge on any atom is -0.466 e. The zero-order valence-electron chi connectivity index (χ0n) is 10.1. The lowest BCUT2D eigenvalue weighted by Gasteiger charge is -2.24. The van der Waals surface area contributed by atoms with Crippen molar-refractivity contribution in [2.75, 3.05) is 19.8 Å². The Kier molecular flexibility index (Phi) is 1.84. The van der Waals surface area contributed by atoms with Gasteiger partial charge in [-0.15, -0.1) is 0 Å². The molecule has 4 heteroatoms. The van der Waals surface area contributed by atoms with Crippen molar-refractivity contribution in [3.8, 4) is 0 Å². The van der Waals surface area contributed by atoms with Gasteiger partial charge in [0.25, 0.3) is 0 Å². The lowest BCUT2D eigenvalue weighted by atomic mass is 9.92. The number of hydrogen-bond donors (Lipinski definition) is 0. The zero-order chi connectivity index (χ0) is 11.7. The van der Waals surface area contributed by atoms with Crippen LogP contribution in [0.2, 0.25) is 0 Å². The number of esters is 1. The summed E-state index contributed by atoms with van der Waals surface area (Å²) in [6.07, 6.45) is 3.17. The predicted molar refractivity (Wildman–Crippen MR) is 58.0 cm³/mol. The van der Waals surface area contributed by atoms with Gasteiger partial charge in [-0.25, -0.2) is 0 Å². The molecule has 0 aromatic carbocycles. The van der Waals surface area contributed by atoms with Crippen LogP contribution in [0.25, 0.3) is 0 Å². The summed E-state index contributed by atoms with van der Waals surface area (Å²) in [7, 11) is 0. The van der Waals surface area contributed by atoms with Crippen LogP contribution >= 0.6 is 0 Å². The minimum absolute atomic E-state index is 0.00785. The molecule has 1 spiro atoms. The van der Waals surface area contributed by atoms with E-state index < -0.39 is 5.79 Å². The minimum atomic E-state index is -0.432. The maximum absolute atomic E-state index is 12.3. The molecular formula is C13H18O4. The summed E-state index contributed by atoms with van der Waals surface area (Å²) in [5.41, 5.74) is -0.236. The van der Waals surface area contributed by atoms with Gasteiger partial charge in [-0.2, -0.15) is 0 Å². The average molecular weight is 238 g/mol. The fourth-order valence-corrected chi connectivity index (χ4v) is 4.94. The molecule has 4 rings (SSSR count). The highest BCUT2D eigenvalue weighted by Crippen LogP contribution is 2.82. The number of carbonyl (C=O) groups is 1. The molecule has 0 aromatic rings. The van der Waals surface area contributed by atoms with Crippen molar-refractivity contribution in [3.63, 3.8) is 0 Å². The number of hydrogen-bond acceptors (Lipinski definition) is 4. The first-order valence-electron chi connectivity index (χ1n) is 6.71. The van der Waals surface area contributed by atoms with E-state index in [4.69, 9.17) is 14.2 Å². The van der Waals surface area contributed by atoms with Crippen LogP contribution in [0.5, 0.6) is 0 Å². The van der Waals surface area contributed by atoms with Crippen molar-refractivity contribution in [2.45, 2.75) is 32.0 Å². The third-order valence-corrected chi connectivity index (χ3v) is 5.33. The lowest BCUT2D eigenvalue weighted by Crippen LogP contribution is -2.31. The van der Waals surface area contributed by atoms with E-state index in [1.807, 2.05) is 6.92 Å². The molecule has 4 fully saturated rings. The van der Waals surface area contributed by atoms with Crippen molar-refractivity contribution in [1.29, 1.82) is 0 Å². The first-order valence-corrected chi connectivity index (χ1v) is 6.71. The summed E-state index contributed by atoms with van der Waals surface area (Å²) in [4.78, 5) is 12.3. The molecule has 0 bridgehead atoms. The monoisotopic (exact) mass is 238 g/mol. The first kappa shape index (κ1) is 10.3. The summed E-state index contributed by atoms with van der Waals surface area (Å²) in [5, 5.41) is 0. The molecule has 0 amide bonds. The largest absolute Gasteiger partial charge is 0.466 e. The van der Waals surface area contributed by atoms with E-state index in [1.165, 1.54) is 0 Å². The number of fused-ring (bicyclic) bond motifs is 2. The van der Waals surface area contributed by atoms with E-state index in [0.29, 0.717) is 31.7 Å². The Balaban J connectivity index is 1.69. The standard InChI is InChI=1S/C13H18O4/c1-2-15-11(14)13-8-3-4-9(13)10(13)12(7-8)16-5-6-17-12/h8-10H,2-7H2,1H3/t8-,9+,10-,13-/m1/s1. The number of ether oxygens (including phenoxy) is 3. The summed E-state index contributed by atoms with van der Waals surface area (Å²) in [6.45, 7) is 3.70. The second kappa shape index (κ2) is 3.04. The Morgan fingerprint density at radius 2 is 2.12 bits per heavy atom. The molecule has 17 heavy (non-hydrogen) atoms. The zero-order valence-corrected chi connectivity index (χ0v) is 10.1. The summed E-state index contributed by atoms with van der Waals surface area (Å²) < 4.78 is 17.0. The third-order valence-electron chi connectivity index (χ3n) is 5.33. The quantitative estimate of drug-likeness (QED) is 0.681. The van der Waals surface area contributed by atoms with Crippen LogP contribution in [0.4, 0.5) is 0 Å². The lowest BCUT2D eigenvalue weighted by molar-refractivity contribution is -0.172. The maximum atomic E-state index is 12.3. The molecule has 1 saturated heterocycles. The molecule has 1 aliphatic heterocycles. The van der Waals surface area contributed by atoms with Gasteiger partial charge in [0.05, 0.1) is 25.2 Å². The Labute approximate surface area is 101 Å². The molecule has 4 nitrogen and oxygen atoms in total. The number of rotatable bonds is 2. The normalized spacial score (nSPS) is 48.4. The Hall–Kier alpha value is -0.610. The van der Waals surface area contributed by atoms with Crippen molar-refractivity contribution in [2.24, 2.45) is 23.2 Å². The van der Waals surface area contributed by atoms with Crippen molar-refractivity contribution < 1.29 is 19.0 Å². The summed E-state index contributed by atoms with van der Waals surface area (Å²) in [5.74, 6) is 0.732. The molecule has 4 atom stereocenters. The van der Waals surface area contributed by atoms with Gasteiger partial charge in [-0.05, 0) is 31.6 Å². The first-order chi connectivity index (χ1) is 8.25. The highest BCUT2D eigenvalue weighted by molar-refractivity contribution is 5.84. The van der Waals surface area contributed by atoms with Gasteiger partial charge in [0, 0.05) is 12.3 Å². The fraction of sp³-hybridized carbons (Fsp3) is 0.923. The van der Waals surface area contributed by atoms with Gasteiger partial charge in [0.2, 0.25) is 0 Å². The smallest absolute Gasteiger partial charge is 0.313 e. The van der Waals surface area contributed by atoms with Gasteiger partial charge in [-0.1, -0.05) is 0 Å². The summed E-state index contributed by atoms with van der Waals surface area (Å²) in [6, 6.07) is 0. The van der Waals surface area contributed by atoms with Crippen LogP contribution < -0.4 is 0 Å². The maximum Gasteiger partial charge on any atom is 0.313 e. The second-order valence-electron chi connectivity index (χ2n) is 5.72. The highest BCUT2D eigenvalue weighted by Gasteiger charge is 2.87. The van der Waals surface area contributed by atoms with Crippen LogP contribution in [0.1, 0.15) is 26.2 Å². The van der Waals surface area contributed by atoms with Crippen LogP contribution in [-0.2, 0) is 19.0 Å². The van der Waals surface area contributed by atoms with Crippen LogP contribution in [-0.4, -0.2) is 31.6 Å².